The summed E-state index contributed by atoms with van der Waals surface area (Å²) >= 11 is 0. The summed E-state index contributed by atoms with van der Waals surface area (Å²) in [7, 11) is -9.99. The van der Waals surface area contributed by atoms with Crippen molar-refractivity contribution in [1.29, 1.82) is 0 Å². The molecule has 0 aliphatic rings. The number of carbonyl (C=O) groups excluding carboxylic acids is 4. The van der Waals surface area contributed by atoms with Gasteiger partial charge in [-0.3, -0.25) is 37.3 Å². The van der Waals surface area contributed by atoms with E-state index in [1.807, 2.05) is 12.2 Å². The normalized spacial score (nSPS) is 14.5. The molecule has 108 heavy (non-hydrogen) atoms. The molecule has 5 unspecified atom stereocenters. The summed E-state index contributed by atoms with van der Waals surface area (Å²) in [5, 5.41) is 10.7. The van der Waals surface area contributed by atoms with Crippen molar-refractivity contribution in [2.45, 2.75) is 367 Å². The summed E-state index contributed by atoms with van der Waals surface area (Å²) in [5.41, 5.74) is 0. The minimum Gasteiger partial charge on any atom is -0.462 e. The fourth-order valence-electron chi connectivity index (χ4n) is 11.2. The zero-order valence-corrected chi connectivity index (χ0v) is 69.8. The summed E-state index contributed by atoms with van der Waals surface area (Å²) in [4.78, 5) is 73.2. The summed E-state index contributed by atoms with van der Waals surface area (Å²) in [6.45, 7) is 4.58. The predicted molar refractivity (Wildman–Crippen MR) is 445 cm³/mol. The van der Waals surface area contributed by atoms with E-state index in [9.17, 15) is 43.2 Å². The van der Waals surface area contributed by atoms with Gasteiger partial charge in [-0.1, -0.05) is 322 Å². The van der Waals surface area contributed by atoms with E-state index < -0.39 is 97.5 Å². The number of allylic oxidation sites excluding steroid dienone is 22. The molecule has 0 aliphatic carbocycles. The molecule has 0 aliphatic heterocycles. The van der Waals surface area contributed by atoms with Gasteiger partial charge in [-0.05, 0) is 135 Å². The van der Waals surface area contributed by atoms with Crippen LogP contribution in [0.4, 0.5) is 0 Å². The first kappa shape index (κ1) is 103. The van der Waals surface area contributed by atoms with Gasteiger partial charge in [0, 0.05) is 25.7 Å². The first-order valence-electron chi connectivity index (χ1n) is 42.4. The van der Waals surface area contributed by atoms with E-state index in [-0.39, 0.29) is 25.7 Å². The van der Waals surface area contributed by atoms with E-state index in [2.05, 4.69) is 149 Å². The molecule has 0 rings (SSSR count). The molecule has 0 saturated carbocycles. The summed E-state index contributed by atoms with van der Waals surface area (Å²) in [6.07, 6.45) is 91.3. The second kappa shape index (κ2) is 80.3. The highest BCUT2D eigenvalue weighted by Gasteiger charge is 2.30. The van der Waals surface area contributed by atoms with Crippen LogP contribution in [0.25, 0.3) is 0 Å². The lowest BCUT2D eigenvalue weighted by molar-refractivity contribution is -0.161. The first-order valence-corrected chi connectivity index (χ1v) is 45.4. The number of hydrogen-bond acceptors (Lipinski definition) is 15. The standard InChI is InChI=1S/C89H152O17P2/c1-5-9-13-17-21-25-29-33-37-40-41-44-47-50-54-58-62-66-70-74-87(92)100-80-85(106-89(94)76-72-68-64-60-56-52-48-43-39-35-31-27-23-19-15-11-7-3)82-104-108(97,98)102-78-83(90)77-101-107(95,96)103-81-84(105-88(93)75-71-67-63-59-55-51-45-36-32-28-24-20-16-12-8-4)79-99-86(91)73-69-65-61-57-53-49-46-42-38-34-30-26-22-18-14-10-6-2/h10-11,14-15,21-23,25-27,33-35,37-39,41,44,46,49,57,61,83-85,90H,5-9,12-13,16-20,24,28-32,36,40,42-43,45,47-48,50-56,58-60,62-82H2,1-4H3,(H,95,96)(H,97,98)/b14-10-,15-11-,25-21-,26-22-,27-23-,37-33-,38-34-,39-35-,44-41-,49-46-,61-57-. The Bertz CT molecular complexity index is 2560. The number of phosphoric ester groups is 2. The zero-order chi connectivity index (χ0) is 78.9. The number of unbranched alkanes of at least 4 members (excludes halogenated alkanes) is 31. The monoisotopic (exact) mass is 1560 g/mol. The van der Waals surface area contributed by atoms with Gasteiger partial charge in [-0.15, -0.1) is 0 Å². The van der Waals surface area contributed by atoms with Gasteiger partial charge in [0.05, 0.1) is 26.4 Å². The van der Waals surface area contributed by atoms with Gasteiger partial charge >= 0.3 is 39.5 Å². The number of rotatable bonds is 79. The van der Waals surface area contributed by atoms with Crippen molar-refractivity contribution in [1.82, 2.24) is 0 Å². The molecule has 17 nitrogen and oxygen atoms in total. The number of carbonyl (C=O) groups is 4. The third-order valence-corrected chi connectivity index (χ3v) is 19.5. The molecule has 0 bridgehead atoms. The van der Waals surface area contributed by atoms with Crippen LogP contribution < -0.4 is 0 Å². The Labute approximate surface area is 656 Å². The van der Waals surface area contributed by atoms with Crippen LogP contribution in [0.5, 0.6) is 0 Å². The van der Waals surface area contributed by atoms with Crippen molar-refractivity contribution in [3.8, 4) is 0 Å². The van der Waals surface area contributed by atoms with Crippen molar-refractivity contribution in [2.75, 3.05) is 39.6 Å². The molecule has 3 N–H and O–H groups in total. The molecule has 0 fully saturated rings. The number of aliphatic hydroxyl groups is 1. The molecule has 0 aromatic rings. The van der Waals surface area contributed by atoms with Crippen LogP contribution in [0.15, 0.2) is 134 Å². The maximum atomic E-state index is 13.1. The van der Waals surface area contributed by atoms with Crippen molar-refractivity contribution >= 4 is 39.5 Å². The van der Waals surface area contributed by atoms with Crippen LogP contribution in [-0.4, -0.2) is 96.7 Å². The Morgan fingerprint density at radius 3 is 0.796 bits per heavy atom. The van der Waals surface area contributed by atoms with Crippen LogP contribution in [-0.2, 0) is 65.4 Å². The summed E-state index contributed by atoms with van der Waals surface area (Å²) < 4.78 is 68.7. The highest BCUT2D eigenvalue weighted by atomic mass is 31.2. The molecule has 0 saturated heterocycles. The molecule has 5 atom stereocenters. The third-order valence-electron chi connectivity index (χ3n) is 17.6. The van der Waals surface area contributed by atoms with Crippen molar-refractivity contribution in [2.24, 2.45) is 0 Å². The second-order valence-corrected chi connectivity index (χ2v) is 30.9. The molecule has 0 aromatic carbocycles. The fraction of sp³-hybridized carbons (Fsp3) is 0.708. The maximum absolute atomic E-state index is 13.1. The lowest BCUT2D eigenvalue weighted by Gasteiger charge is -2.21. The van der Waals surface area contributed by atoms with Gasteiger partial charge in [0.15, 0.2) is 12.2 Å². The Hall–Kier alpha value is -4.80. The average molecular weight is 1560 g/mol. The van der Waals surface area contributed by atoms with Crippen LogP contribution in [0.1, 0.15) is 349 Å². The molecular formula is C89H152O17P2. The summed E-state index contributed by atoms with van der Waals surface area (Å²) in [6, 6.07) is 0. The molecule has 0 aromatic heterocycles. The third kappa shape index (κ3) is 79.3. The van der Waals surface area contributed by atoms with E-state index in [0.29, 0.717) is 32.1 Å². The van der Waals surface area contributed by atoms with Gasteiger partial charge in [0.1, 0.15) is 19.3 Å². The van der Waals surface area contributed by atoms with Crippen LogP contribution in [0.3, 0.4) is 0 Å². The Balaban J connectivity index is 5.43. The second-order valence-electron chi connectivity index (χ2n) is 28.0. The Morgan fingerprint density at radius 2 is 0.491 bits per heavy atom. The van der Waals surface area contributed by atoms with Crippen LogP contribution in [0, 0.1) is 0 Å². The number of ether oxygens (including phenoxy) is 4. The average Bonchev–Trinajstić information content (AvgIpc) is 0.906. The number of esters is 4. The molecule has 0 heterocycles. The fourth-order valence-corrected chi connectivity index (χ4v) is 12.8. The van der Waals surface area contributed by atoms with Crippen LogP contribution >= 0.6 is 15.6 Å². The van der Waals surface area contributed by atoms with Gasteiger partial charge in [-0.2, -0.15) is 0 Å². The molecule has 19 heteroatoms. The van der Waals surface area contributed by atoms with Gasteiger partial charge in [0.25, 0.3) is 0 Å². The van der Waals surface area contributed by atoms with Gasteiger partial charge in [0.2, 0.25) is 0 Å². The Morgan fingerprint density at radius 1 is 0.269 bits per heavy atom. The number of phosphoric acid groups is 2. The summed E-state index contributed by atoms with van der Waals surface area (Å²) in [5.74, 6) is -2.25. The minimum atomic E-state index is -4.99. The smallest absolute Gasteiger partial charge is 0.462 e. The highest BCUT2D eigenvalue weighted by molar-refractivity contribution is 7.47. The van der Waals surface area contributed by atoms with E-state index in [1.54, 1.807) is 0 Å². The number of aliphatic hydroxyl groups excluding tert-OH is 1. The molecule has 0 amide bonds. The quantitative estimate of drug-likeness (QED) is 0.0169. The lowest BCUT2D eigenvalue weighted by Crippen LogP contribution is -2.30. The number of hydrogen-bond donors (Lipinski definition) is 3. The van der Waals surface area contributed by atoms with Crippen molar-refractivity contribution < 1.29 is 80.2 Å². The van der Waals surface area contributed by atoms with E-state index in [1.165, 1.54) is 83.5 Å². The van der Waals surface area contributed by atoms with E-state index >= 15 is 0 Å². The molecular weight excluding hydrogens is 1400 g/mol. The SMILES string of the molecule is CC/C=C\C/C=C\C/C=C\C/C=C\C/C=C\CCCC(=O)OCC(COP(=O)(O)OCC(O)COP(=O)(O)OCC(COC(=O)CCCCCCCC/C=C\C/C=C\C/C=C\CCCCC)OC(=O)CCCCCCCCC/C=C\C/C=C\C/C=C\CC)OC(=O)CCCCCCCCCCCCCCCCC. The van der Waals surface area contributed by atoms with Gasteiger partial charge in [-0.25, -0.2) is 9.13 Å². The minimum absolute atomic E-state index is 0.0772. The maximum Gasteiger partial charge on any atom is 0.472 e. The molecule has 0 radical (unpaired) electrons. The van der Waals surface area contributed by atoms with Crippen molar-refractivity contribution in [3.63, 3.8) is 0 Å². The van der Waals surface area contributed by atoms with E-state index in [0.717, 1.165) is 180 Å². The van der Waals surface area contributed by atoms with E-state index in [4.69, 9.17) is 37.0 Å². The Kier molecular flexibility index (Phi) is 76.7. The van der Waals surface area contributed by atoms with Crippen molar-refractivity contribution in [3.05, 3.63) is 134 Å². The molecule has 0 spiro atoms. The topological polar surface area (TPSA) is 237 Å². The van der Waals surface area contributed by atoms with Crippen LogP contribution in [0.2, 0.25) is 0 Å². The highest BCUT2D eigenvalue weighted by Crippen LogP contribution is 2.45. The lowest BCUT2D eigenvalue weighted by atomic mass is 10.0. The largest absolute Gasteiger partial charge is 0.472 e. The zero-order valence-electron chi connectivity index (χ0n) is 68.0. The first-order chi connectivity index (χ1) is 52.7. The predicted octanol–water partition coefficient (Wildman–Crippen LogP) is 25.2. The van der Waals surface area contributed by atoms with Gasteiger partial charge < -0.3 is 33.8 Å². The molecule has 620 valence electrons.